The SMILES string of the molecule is O=C(O)c1cccn(Cc2ccccc2-c2ccc3ccccc3c2)c1=O. The fraction of sp³-hybridized carbons (Fsp3) is 0.0435. The number of hydrogen-bond acceptors (Lipinski definition) is 2. The highest BCUT2D eigenvalue weighted by atomic mass is 16.4. The van der Waals surface area contributed by atoms with Crippen LogP contribution in [0.3, 0.4) is 0 Å². The number of nitrogens with zero attached hydrogens (tertiary/aromatic N) is 1. The smallest absolute Gasteiger partial charge is 0.341 e. The van der Waals surface area contributed by atoms with Crippen LogP contribution in [0.15, 0.2) is 89.9 Å². The van der Waals surface area contributed by atoms with Gasteiger partial charge in [0.05, 0.1) is 6.54 Å². The molecule has 4 heteroatoms. The van der Waals surface area contributed by atoms with Crippen molar-refractivity contribution < 1.29 is 9.90 Å². The van der Waals surface area contributed by atoms with E-state index in [-0.39, 0.29) is 5.56 Å². The quantitative estimate of drug-likeness (QED) is 0.590. The molecule has 132 valence electrons. The Morgan fingerprint density at radius 3 is 2.41 bits per heavy atom. The van der Waals surface area contributed by atoms with E-state index in [1.807, 2.05) is 36.4 Å². The average molecular weight is 355 g/mol. The van der Waals surface area contributed by atoms with Gasteiger partial charge in [0.1, 0.15) is 5.56 Å². The van der Waals surface area contributed by atoms with Gasteiger partial charge in [-0.1, -0.05) is 60.7 Å². The molecule has 0 amide bonds. The molecule has 0 aliphatic rings. The maximum absolute atomic E-state index is 12.4. The summed E-state index contributed by atoms with van der Waals surface area (Å²) in [5.74, 6) is -1.21. The number of hydrogen-bond donors (Lipinski definition) is 1. The molecule has 0 spiro atoms. The molecular weight excluding hydrogens is 338 g/mol. The number of carbonyl (C=O) groups is 1. The third kappa shape index (κ3) is 3.25. The summed E-state index contributed by atoms with van der Waals surface area (Å²) in [6.07, 6.45) is 1.62. The highest BCUT2D eigenvalue weighted by Gasteiger charge is 2.12. The van der Waals surface area contributed by atoms with E-state index >= 15 is 0 Å². The van der Waals surface area contributed by atoms with Gasteiger partial charge in [0.2, 0.25) is 0 Å². The predicted molar refractivity (Wildman–Crippen MR) is 106 cm³/mol. The molecule has 3 aromatic carbocycles. The van der Waals surface area contributed by atoms with Gasteiger partial charge in [-0.15, -0.1) is 0 Å². The molecule has 0 bridgehead atoms. The number of aromatic nitrogens is 1. The van der Waals surface area contributed by atoms with E-state index in [1.165, 1.54) is 16.0 Å². The molecule has 0 atom stereocenters. The molecule has 4 aromatic rings. The van der Waals surface area contributed by atoms with E-state index in [1.54, 1.807) is 12.3 Å². The van der Waals surface area contributed by atoms with Crippen molar-refractivity contribution in [1.29, 1.82) is 0 Å². The predicted octanol–water partition coefficient (Wildman–Crippen LogP) is 4.42. The monoisotopic (exact) mass is 355 g/mol. The van der Waals surface area contributed by atoms with E-state index in [4.69, 9.17) is 0 Å². The van der Waals surface area contributed by atoms with E-state index in [9.17, 15) is 14.7 Å². The van der Waals surface area contributed by atoms with Crippen LogP contribution >= 0.6 is 0 Å². The van der Waals surface area contributed by atoms with E-state index < -0.39 is 11.5 Å². The van der Waals surface area contributed by atoms with Gasteiger partial charge < -0.3 is 9.67 Å². The second-order valence-corrected chi connectivity index (χ2v) is 6.38. The first kappa shape index (κ1) is 16.8. The summed E-state index contributed by atoms with van der Waals surface area (Å²) in [5.41, 5.74) is 2.32. The van der Waals surface area contributed by atoms with Gasteiger partial charge in [0.25, 0.3) is 5.56 Å². The molecule has 1 heterocycles. The first-order valence-corrected chi connectivity index (χ1v) is 8.63. The summed E-state index contributed by atoms with van der Waals surface area (Å²) in [6.45, 7) is 0.308. The fourth-order valence-electron chi connectivity index (χ4n) is 3.30. The van der Waals surface area contributed by atoms with Crippen molar-refractivity contribution in [2.45, 2.75) is 6.54 Å². The topological polar surface area (TPSA) is 59.3 Å². The minimum atomic E-state index is -1.21. The van der Waals surface area contributed by atoms with Crippen molar-refractivity contribution in [3.8, 4) is 11.1 Å². The van der Waals surface area contributed by atoms with E-state index in [2.05, 4.69) is 30.3 Å². The van der Waals surface area contributed by atoms with Crippen LogP contribution < -0.4 is 5.56 Å². The van der Waals surface area contributed by atoms with Crippen LogP contribution in [0.4, 0.5) is 0 Å². The summed E-state index contributed by atoms with van der Waals surface area (Å²) >= 11 is 0. The number of rotatable bonds is 4. The van der Waals surface area contributed by atoms with Crippen LogP contribution in [0.1, 0.15) is 15.9 Å². The molecular formula is C23H17NO3. The molecule has 4 nitrogen and oxygen atoms in total. The molecule has 27 heavy (non-hydrogen) atoms. The van der Waals surface area contributed by atoms with Crippen LogP contribution in [-0.4, -0.2) is 15.6 Å². The first-order valence-electron chi connectivity index (χ1n) is 8.63. The number of aromatic carboxylic acids is 1. The number of benzene rings is 3. The Morgan fingerprint density at radius 2 is 1.59 bits per heavy atom. The summed E-state index contributed by atoms with van der Waals surface area (Å²) in [7, 11) is 0. The first-order chi connectivity index (χ1) is 13.1. The van der Waals surface area contributed by atoms with Crippen molar-refractivity contribution >= 4 is 16.7 Å². The molecule has 1 N–H and O–H groups in total. The zero-order valence-electron chi connectivity index (χ0n) is 14.5. The Hall–Kier alpha value is -3.66. The van der Waals surface area contributed by atoms with E-state index in [0.717, 1.165) is 22.1 Å². The largest absolute Gasteiger partial charge is 0.477 e. The Kier molecular flexibility index (Phi) is 4.30. The number of carboxylic acid groups (broad SMARTS) is 1. The third-order valence-electron chi connectivity index (χ3n) is 4.67. The molecule has 0 fully saturated rings. The van der Waals surface area contributed by atoms with Gasteiger partial charge in [-0.25, -0.2) is 4.79 Å². The minimum Gasteiger partial charge on any atom is -0.477 e. The molecule has 0 aliphatic heterocycles. The van der Waals surface area contributed by atoms with Gasteiger partial charge in [-0.3, -0.25) is 4.79 Å². The van der Waals surface area contributed by atoms with Gasteiger partial charge in [0, 0.05) is 6.20 Å². The Bertz CT molecular complexity index is 1210. The van der Waals surface area contributed by atoms with Gasteiger partial charge in [-0.05, 0) is 45.7 Å². The van der Waals surface area contributed by atoms with Crippen molar-refractivity contribution in [2.75, 3.05) is 0 Å². The zero-order valence-corrected chi connectivity index (χ0v) is 14.5. The number of pyridine rings is 1. The number of carboxylic acids is 1. The second kappa shape index (κ2) is 6.92. The lowest BCUT2D eigenvalue weighted by Gasteiger charge is -2.13. The highest BCUT2D eigenvalue weighted by Crippen LogP contribution is 2.27. The second-order valence-electron chi connectivity index (χ2n) is 6.38. The molecule has 0 aliphatic carbocycles. The lowest BCUT2D eigenvalue weighted by Crippen LogP contribution is -2.26. The molecule has 0 saturated heterocycles. The summed E-state index contributed by atoms with van der Waals surface area (Å²) in [5, 5.41) is 11.5. The Balaban J connectivity index is 1.79. The molecule has 0 saturated carbocycles. The Labute approximate surface area is 156 Å². The van der Waals surface area contributed by atoms with Gasteiger partial charge >= 0.3 is 5.97 Å². The van der Waals surface area contributed by atoms with Gasteiger partial charge in [0.15, 0.2) is 0 Å². The zero-order chi connectivity index (χ0) is 18.8. The van der Waals surface area contributed by atoms with Crippen LogP contribution in [-0.2, 0) is 6.54 Å². The van der Waals surface area contributed by atoms with Crippen LogP contribution in [0, 0.1) is 0 Å². The lowest BCUT2D eigenvalue weighted by atomic mass is 9.97. The molecule has 0 radical (unpaired) electrons. The van der Waals surface area contributed by atoms with Crippen molar-refractivity contribution in [3.63, 3.8) is 0 Å². The minimum absolute atomic E-state index is 0.222. The highest BCUT2D eigenvalue weighted by molar-refractivity contribution is 5.88. The third-order valence-corrected chi connectivity index (χ3v) is 4.67. The lowest BCUT2D eigenvalue weighted by molar-refractivity contribution is 0.0694. The maximum Gasteiger partial charge on any atom is 0.341 e. The normalized spacial score (nSPS) is 10.8. The maximum atomic E-state index is 12.4. The number of fused-ring (bicyclic) bond motifs is 1. The van der Waals surface area contributed by atoms with Crippen LogP contribution in [0.25, 0.3) is 21.9 Å². The standard InChI is InChI=1S/C23H17NO3/c25-22-21(23(26)27)10-5-13-24(22)15-19-8-3-4-9-20(19)18-12-11-16-6-1-2-7-17(16)14-18/h1-14H,15H2,(H,26,27). The molecule has 4 rings (SSSR count). The van der Waals surface area contributed by atoms with E-state index in [0.29, 0.717) is 6.54 Å². The molecule has 1 aromatic heterocycles. The summed E-state index contributed by atoms with van der Waals surface area (Å²) < 4.78 is 1.43. The fourth-order valence-corrected chi connectivity index (χ4v) is 3.30. The van der Waals surface area contributed by atoms with Crippen molar-refractivity contribution in [2.24, 2.45) is 0 Å². The average Bonchev–Trinajstić information content (AvgIpc) is 2.69. The van der Waals surface area contributed by atoms with Crippen molar-refractivity contribution in [3.05, 3.63) is 107 Å². The Morgan fingerprint density at radius 1 is 0.852 bits per heavy atom. The molecule has 0 unspecified atom stereocenters. The summed E-state index contributed by atoms with van der Waals surface area (Å²) in [6, 6.07) is 25.2. The van der Waals surface area contributed by atoms with Gasteiger partial charge in [-0.2, -0.15) is 0 Å². The van der Waals surface area contributed by atoms with Crippen molar-refractivity contribution in [1.82, 2.24) is 4.57 Å². The van der Waals surface area contributed by atoms with Crippen LogP contribution in [0.2, 0.25) is 0 Å². The summed E-state index contributed by atoms with van der Waals surface area (Å²) in [4.78, 5) is 23.6. The van der Waals surface area contributed by atoms with Crippen LogP contribution in [0.5, 0.6) is 0 Å².